The fraction of sp³-hybridized carbons (Fsp3) is 0.296. The zero-order chi connectivity index (χ0) is 27.4. The summed E-state index contributed by atoms with van der Waals surface area (Å²) in [6.07, 6.45) is 2.59. The van der Waals surface area contributed by atoms with E-state index in [1.54, 1.807) is 11.4 Å². The summed E-state index contributed by atoms with van der Waals surface area (Å²) < 4.78 is 13.3. The van der Waals surface area contributed by atoms with Crippen LogP contribution in [0.25, 0.3) is 11.3 Å². The summed E-state index contributed by atoms with van der Waals surface area (Å²) in [5.41, 5.74) is 3.70. The van der Waals surface area contributed by atoms with Gasteiger partial charge in [0.05, 0.1) is 5.69 Å². The van der Waals surface area contributed by atoms with E-state index in [0.29, 0.717) is 55.4 Å². The Morgan fingerprint density at radius 2 is 2.00 bits per heavy atom. The highest BCUT2D eigenvalue weighted by molar-refractivity contribution is 7.14. The van der Waals surface area contributed by atoms with Crippen LogP contribution in [0.2, 0.25) is 0 Å². The molecule has 4 N–H and O–H groups in total. The standard InChI is InChI=1S/C27H27FN6O4S/c28-19-4-1-5-20(12-19)30-26(38)29-13-16-3-2-10-34(14-16)25(37)24(36)33-27-32-22(15-39-27)18-6-8-21-17(11-18)7-9-23(35)31-21/h1,4-6,8,11-12,15-16H,2-3,7,9-10,13-14H2,(H,31,35)(H2,29,30,38)(H,32,33,36). The average Bonchev–Trinajstić information content (AvgIpc) is 3.40. The van der Waals surface area contributed by atoms with Crippen molar-refractivity contribution >= 4 is 51.6 Å². The van der Waals surface area contributed by atoms with E-state index >= 15 is 0 Å². The Morgan fingerprint density at radius 3 is 2.85 bits per heavy atom. The number of rotatable bonds is 5. The number of thiazole rings is 1. The fourth-order valence-electron chi connectivity index (χ4n) is 4.70. The predicted molar refractivity (Wildman–Crippen MR) is 146 cm³/mol. The van der Waals surface area contributed by atoms with Crippen LogP contribution in [0.1, 0.15) is 24.8 Å². The lowest BCUT2D eigenvalue weighted by Gasteiger charge is -2.32. The first-order chi connectivity index (χ1) is 18.8. The smallest absolute Gasteiger partial charge is 0.319 e. The molecule has 2 aliphatic rings. The molecule has 2 aliphatic heterocycles. The van der Waals surface area contributed by atoms with E-state index in [1.807, 2.05) is 18.2 Å². The number of aromatic nitrogens is 1. The number of carbonyl (C=O) groups excluding carboxylic acids is 4. The highest BCUT2D eigenvalue weighted by Crippen LogP contribution is 2.30. The number of anilines is 3. The van der Waals surface area contributed by atoms with Crippen LogP contribution >= 0.6 is 11.3 Å². The van der Waals surface area contributed by atoms with Gasteiger partial charge in [-0.2, -0.15) is 0 Å². The summed E-state index contributed by atoms with van der Waals surface area (Å²) in [4.78, 5) is 55.2. The minimum Gasteiger partial charge on any atom is -0.338 e. The quantitative estimate of drug-likeness (QED) is 0.359. The maximum absolute atomic E-state index is 13.3. The molecule has 5 rings (SSSR count). The molecule has 3 heterocycles. The lowest BCUT2D eigenvalue weighted by molar-refractivity contribution is -0.144. The van der Waals surface area contributed by atoms with Gasteiger partial charge >= 0.3 is 17.8 Å². The predicted octanol–water partition coefficient (Wildman–Crippen LogP) is 3.83. The van der Waals surface area contributed by atoms with Gasteiger partial charge in [0.25, 0.3) is 0 Å². The summed E-state index contributed by atoms with van der Waals surface area (Å²) >= 11 is 1.23. The molecule has 0 radical (unpaired) electrons. The fourth-order valence-corrected chi connectivity index (χ4v) is 5.41. The van der Waals surface area contributed by atoms with Gasteiger partial charge < -0.3 is 20.9 Å². The molecule has 3 aromatic rings. The molecule has 1 unspecified atom stereocenters. The third-order valence-corrected chi connectivity index (χ3v) is 7.41. The Labute approximate surface area is 228 Å². The van der Waals surface area contributed by atoms with E-state index in [0.717, 1.165) is 23.2 Å². The van der Waals surface area contributed by atoms with Gasteiger partial charge in [-0.15, -0.1) is 11.3 Å². The molecule has 0 bridgehead atoms. The number of benzene rings is 2. The van der Waals surface area contributed by atoms with Gasteiger partial charge in [0.15, 0.2) is 5.13 Å². The zero-order valence-electron chi connectivity index (χ0n) is 21.0. The third kappa shape index (κ3) is 6.58. The number of nitrogens with one attached hydrogen (secondary N) is 4. The molecule has 202 valence electrons. The molecule has 0 spiro atoms. The number of hydrogen-bond acceptors (Lipinski definition) is 6. The first-order valence-electron chi connectivity index (χ1n) is 12.6. The van der Waals surface area contributed by atoms with Crippen molar-refractivity contribution in [2.75, 3.05) is 35.6 Å². The van der Waals surface area contributed by atoms with E-state index in [1.165, 1.54) is 34.4 Å². The van der Waals surface area contributed by atoms with Crippen molar-refractivity contribution in [2.24, 2.45) is 5.92 Å². The van der Waals surface area contributed by atoms with Crippen LogP contribution in [-0.4, -0.2) is 53.3 Å². The molecule has 1 fully saturated rings. The van der Waals surface area contributed by atoms with Crippen LogP contribution in [0.3, 0.4) is 0 Å². The molecule has 1 saturated heterocycles. The number of halogens is 1. The van der Waals surface area contributed by atoms with Crippen LogP contribution < -0.4 is 21.3 Å². The van der Waals surface area contributed by atoms with Crippen molar-refractivity contribution in [1.29, 1.82) is 0 Å². The number of likely N-dealkylation sites (tertiary alicyclic amines) is 1. The lowest BCUT2D eigenvalue weighted by atomic mass is 9.98. The molecule has 1 atom stereocenters. The molecule has 0 saturated carbocycles. The largest absolute Gasteiger partial charge is 0.338 e. The monoisotopic (exact) mass is 550 g/mol. The molecular formula is C27H27FN6O4S. The van der Waals surface area contributed by atoms with Gasteiger partial charge in [0, 0.05) is 48.4 Å². The highest BCUT2D eigenvalue weighted by atomic mass is 32.1. The Morgan fingerprint density at radius 1 is 1.13 bits per heavy atom. The van der Waals surface area contributed by atoms with Crippen molar-refractivity contribution in [3.8, 4) is 11.3 Å². The summed E-state index contributed by atoms with van der Waals surface area (Å²) in [7, 11) is 0. The van der Waals surface area contributed by atoms with E-state index in [2.05, 4.69) is 26.3 Å². The van der Waals surface area contributed by atoms with Gasteiger partial charge in [-0.25, -0.2) is 14.2 Å². The summed E-state index contributed by atoms with van der Waals surface area (Å²) in [5, 5.41) is 12.9. The van der Waals surface area contributed by atoms with Crippen LogP contribution in [0.4, 0.5) is 25.7 Å². The second-order valence-corrected chi connectivity index (χ2v) is 10.4. The first kappa shape index (κ1) is 26.3. The number of piperidine rings is 1. The maximum atomic E-state index is 13.3. The molecule has 2 aromatic carbocycles. The average molecular weight is 551 g/mol. The molecular weight excluding hydrogens is 523 g/mol. The van der Waals surface area contributed by atoms with Crippen molar-refractivity contribution in [3.63, 3.8) is 0 Å². The normalized spacial score (nSPS) is 16.6. The van der Waals surface area contributed by atoms with E-state index in [9.17, 15) is 23.6 Å². The molecule has 0 aliphatic carbocycles. The molecule has 1 aromatic heterocycles. The number of urea groups is 1. The van der Waals surface area contributed by atoms with Crippen molar-refractivity contribution in [2.45, 2.75) is 25.7 Å². The maximum Gasteiger partial charge on any atom is 0.319 e. The van der Waals surface area contributed by atoms with E-state index in [4.69, 9.17) is 0 Å². The number of amides is 5. The minimum absolute atomic E-state index is 0.00114. The van der Waals surface area contributed by atoms with Gasteiger partial charge in [0.2, 0.25) is 5.91 Å². The van der Waals surface area contributed by atoms with Gasteiger partial charge in [-0.05, 0) is 61.1 Å². The second-order valence-electron chi connectivity index (χ2n) is 9.52. The molecule has 12 heteroatoms. The van der Waals surface area contributed by atoms with E-state index in [-0.39, 0.29) is 11.8 Å². The van der Waals surface area contributed by atoms with Crippen LogP contribution in [-0.2, 0) is 20.8 Å². The zero-order valence-corrected chi connectivity index (χ0v) is 21.8. The van der Waals surface area contributed by atoms with Crippen LogP contribution in [0.15, 0.2) is 47.8 Å². The summed E-state index contributed by atoms with van der Waals surface area (Å²) in [5.74, 6) is -1.88. The molecule has 10 nitrogen and oxygen atoms in total. The third-order valence-electron chi connectivity index (χ3n) is 6.66. The molecule has 39 heavy (non-hydrogen) atoms. The Balaban J connectivity index is 1.12. The van der Waals surface area contributed by atoms with Gasteiger partial charge in [-0.3, -0.25) is 19.7 Å². The van der Waals surface area contributed by atoms with E-state index < -0.39 is 23.7 Å². The summed E-state index contributed by atoms with van der Waals surface area (Å²) in [6.45, 7) is 1.10. The number of hydrogen-bond donors (Lipinski definition) is 4. The van der Waals surface area contributed by atoms with Crippen molar-refractivity contribution in [1.82, 2.24) is 15.2 Å². The summed E-state index contributed by atoms with van der Waals surface area (Å²) in [6, 6.07) is 10.8. The van der Waals surface area contributed by atoms with Crippen molar-refractivity contribution < 1.29 is 23.6 Å². The van der Waals surface area contributed by atoms with Crippen LogP contribution in [0, 0.1) is 11.7 Å². The SMILES string of the molecule is O=C1CCc2cc(-c3csc(NC(=O)C(=O)N4CCCC(CNC(=O)Nc5cccc(F)c5)C4)n3)ccc2N1. The second kappa shape index (κ2) is 11.6. The number of fused-ring (bicyclic) bond motifs is 1. The van der Waals surface area contributed by atoms with Crippen LogP contribution in [0.5, 0.6) is 0 Å². The van der Waals surface area contributed by atoms with Crippen molar-refractivity contribution in [3.05, 3.63) is 59.2 Å². The minimum atomic E-state index is -0.762. The van der Waals surface area contributed by atoms with Gasteiger partial charge in [-0.1, -0.05) is 12.1 Å². The lowest BCUT2D eigenvalue weighted by Crippen LogP contribution is -2.47. The van der Waals surface area contributed by atoms with Gasteiger partial charge in [0.1, 0.15) is 5.82 Å². The number of carbonyl (C=O) groups is 4. The number of nitrogens with zero attached hydrogens (tertiary/aromatic N) is 2. The first-order valence-corrected chi connectivity index (χ1v) is 13.5. The Kier molecular flexibility index (Phi) is 7.82. The Hall–Kier alpha value is -4.32. The topological polar surface area (TPSA) is 133 Å². The molecule has 5 amide bonds. The highest BCUT2D eigenvalue weighted by Gasteiger charge is 2.28. The number of aryl methyl sites for hydroxylation is 1. The Bertz CT molecular complexity index is 1430.